The second-order valence-electron chi connectivity index (χ2n) is 3.19. The van der Waals surface area contributed by atoms with E-state index in [0.717, 1.165) is 18.7 Å². The van der Waals surface area contributed by atoms with Gasteiger partial charge in [0.15, 0.2) is 0 Å². The first-order valence-electron chi connectivity index (χ1n) is 4.38. The lowest BCUT2D eigenvalue weighted by atomic mass is 10.0. The Kier molecular flexibility index (Phi) is 3.84. The SMILES string of the molecule is C=CC1=C(/C=C(\C)N)N(I)CCC1. The second kappa shape index (κ2) is 4.69. The lowest BCUT2D eigenvalue weighted by molar-refractivity contribution is 0.554. The third kappa shape index (κ3) is 2.76. The van der Waals surface area contributed by atoms with Crippen molar-refractivity contribution < 1.29 is 0 Å². The molecule has 0 saturated carbocycles. The third-order valence-corrected chi connectivity index (χ3v) is 3.00. The minimum Gasteiger partial charge on any atom is -0.402 e. The molecule has 0 atom stereocenters. The number of hydrogen-bond donors (Lipinski definition) is 1. The monoisotopic (exact) mass is 290 g/mol. The molecule has 0 aromatic rings. The maximum Gasteiger partial charge on any atom is 0.0591 e. The van der Waals surface area contributed by atoms with Gasteiger partial charge in [0.1, 0.15) is 0 Å². The number of rotatable bonds is 2. The predicted molar refractivity (Wildman–Crippen MR) is 65.1 cm³/mol. The summed E-state index contributed by atoms with van der Waals surface area (Å²) in [6.45, 7) is 6.82. The normalized spacial score (nSPS) is 19.2. The number of hydrogen-bond acceptors (Lipinski definition) is 2. The van der Waals surface area contributed by atoms with Gasteiger partial charge in [0.05, 0.1) is 28.6 Å². The Bertz CT molecular complexity index is 262. The maximum absolute atomic E-state index is 5.67. The van der Waals surface area contributed by atoms with Crippen LogP contribution in [0.1, 0.15) is 19.8 Å². The molecule has 2 N–H and O–H groups in total. The van der Waals surface area contributed by atoms with Crippen LogP contribution in [0.4, 0.5) is 0 Å². The smallest absolute Gasteiger partial charge is 0.0591 e. The van der Waals surface area contributed by atoms with Gasteiger partial charge >= 0.3 is 0 Å². The fraction of sp³-hybridized carbons (Fsp3) is 0.400. The van der Waals surface area contributed by atoms with Crippen LogP contribution in [0.15, 0.2) is 35.7 Å². The van der Waals surface area contributed by atoms with Gasteiger partial charge in [-0.25, -0.2) is 0 Å². The van der Waals surface area contributed by atoms with E-state index >= 15 is 0 Å². The number of halogens is 1. The molecule has 1 heterocycles. The summed E-state index contributed by atoms with van der Waals surface area (Å²) in [5, 5.41) is 0. The molecule has 1 aliphatic rings. The molecule has 3 heteroatoms. The van der Waals surface area contributed by atoms with Crippen molar-refractivity contribution in [3.8, 4) is 0 Å². The fourth-order valence-electron chi connectivity index (χ4n) is 1.40. The molecule has 0 unspecified atom stereocenters. The van der Waals surface area contributed by atoms with Crippen LogP contribution in [-0.4, -0.2) is 9.66 Å². The number of allylic oxidation sites excluding steroid dienone is 4. The van der Waals surface area contributed by atoms with Crippen LogP contribution in [0.2, 0.25) is 0 Å². The van der Waals surface area contributed by atoms with Crippen molar-refractivity contribution in [2.24, 2.45) is 5.73 Å². The highest BCUT2D eigenvalue weighted by molar-refractivity contribution is 14.1. The minimum atomic E-state index is 0.845. The second-order valence-corrected chi connectivity index (χ2v) is 4.36. The third-order valence-electron chi connectivity index (χ3n) is 2.00. The van der Waals surface area contributed by atoms with E-state index in [1.54, 1.807) is 0 Å². The minimum absolute atomic E-state index is 0.845. The van der Waals surface area contributed by atoms with Gasteiger partial charge in [0.2, 0.25) is 0 Å². The summed E-state index contributed by atoms with van der Waals surface area (Å²) in [5.41, 5.74) is 9.02. The van der Waals surface area contributed by atoms with E-state index in [0.29, 0.717) is 0 Å². The van der Waals surface area contributed by atoms with Gasteiger partial charge in [0, 0.05) is 12.2 Å². The highest BCUT2D eigenvalue weighted by Crippen LogP contribution is 2.27. The first-order chi connectivity index (χ1) is 6.15. The van der Waals surface area contributed by atoms with Crippen molar-refractivity contribution in [2.45, 2.75) is 19.8 Å². The van der Waals surface area contributed by atoms with E-state index in [2.05, 4.69) is 32.6 Å². The summed E-state index contributed by atoms with van der Waals surface area (Å²) in [5.74, 6) is 0. The molecular weight excluding hydrogens is 275 g/mol. The summed E-state index contributed by atoms with van der Waals surface area (Å²) >= 11 is 2.32. The van der Waals surface area contributed by atoms with Crippen molar-refractivity contribution in [1.29, 1.82) is 0 Å². The summed E-state index contributed by atoms with van der Waals surface area (Å²) in [6, 6.07) is 0. The topological polar surface area (TPSA) is 29.3 Å². The van der Waals surface area contributed by atoms with Crippen LogP contribution in [0.25, 0.3) is 0 Å². The largest absolute Gasteiger partial charge is 0.402 e. The molecule has 13 heavy (non-hydrogen) atoms. The molecule has 0 bridgehead atoms. The van der Waals surface area contributed by atoms with E-state index in [4.69, 9.17) is 5.73 Å². The molecule has 1 aliphatic heterocycles. The van der Waals surface area contributed by atoms with E-state index in [1.807, 2.05) is 19.1 Å². The zero-order chi connectivity index (χ0) is 9.84. The summed E-state index contributed by atoms with van der Waals surface area (Å²) < 4.78 is 2.20. The van der Waals surface area contributed by atoms with Crippen LogP contribution >= 0.6 is 22.9 Å². The first-order valence-corrected chi connectivity index (χ1v) is 5.34. The molecule has 1 rings (SSSR count). The van der Waals surface area contributed by atoms with Crippen LogP contribution in [-0.2, 0) is 0 Å². The maximum atomic E-state index is 5.67. The summed E-state index contributed by atoms with van der Waals surface area (Å²) in [7, 11) is 0. The summed E-state index contributed by atoms with van der Waals surface area (Å²) in [4.78, 5) is 0. The Balaban J connectivity index is 3.01. The van der Waals surface area contributed by atoms with E-state index in [9.17, 15) is 0 Å². The highest BCUT2D eigenvalue weighted by atomic mass is 127. The zero-order valence-electron chi connectivity index (χ0n) is 7.89. The Labute approximate surface area is 93.7 Å². The van der Waals surface area contributed by atoms with Crippen LogP contribution < -0.4 is 5.73 Å². The van der Waals surface area contributed by atoms with Crippen LogP contribution in [0.5, 0.6) is 0 Å². The fourth-order valence-corrected chi connectivity index (χ4v) is 2.19. The van der Waals surface area contributed by atoms with Gasteiger partial charge in [-0.15, -0.1) is 0 Å². The van der Waals surface area contributed by atoms with Gasteiger partial charge in [-0.1, -0.05) is 12.7 Å². The molecule has 0 spiro atoms. The lowest BCUT2D eigenvalue weighted by Gasteiger charge is -2.25. The number of nitrogens with zero attached hydrogens (tertiary/aromatic N) is 1. The molecule has 0 aromatic carbocycles. The van der Waals surface area contributed by atoms with Crippen molar-refractivity contribution in [2.75, 3.05) is 6.54 Å². The molecule has 2 nitrogen and oxygen atoms in total. The van der Waals surface area contributed by atoms with Crippen LogP contribution in [0, 0.1) is 0 Å². The van der Waals surface area contributed by atoms with Crippen molar-refractivity contribution in [3.63, 3.8) is 0 Å². The van der Waals surface area contributed by atoms with Crippen molar-refractivity contribution in [1.82, 2.24) is 3.11 Å². The van der Waals surface area contributed by atoms with Gasteiger partial charge in [-0.05, 0) is 31.4 Å². The predicted octanol–water partition coefficient (Wildman–Crippen LogP) is 2.73. The molecule has 0 aliphatic carbocycles. The van der Waals surface area contributed by atoms with Crippen LogP contribution in [0.3, 0.4) is 0 Å². The summed E-state index contributed by atoms with van der Waals surface area (Å²) in [6.07, 6.45) is 6.26. The van der Waals surface area contributed by atoms with E-state index < -0.39 is 0 Å². The van der Waals surface area contributed by atoms with Gasteiger partial charge in [0.25, 0.3) is 0 Å². The van der Waals surface area contributed by atoms with Gasteiger partial charge in [-0.2, -0.15) is 0 Å². The lowest BCUT2D eigenvalue weighted by Crippen LogP contribution is -2.18. The molecule has 0 fully saturated rings. The van der Waals surface area contributed by atoms with E-state index in [1.165, 1.54) is 17.7 Å². The van der Waals surface area contributed by atoms with Gasteiger partial charge in [-0.3, -0.25) is 0 Å². The van der Waals surface area contributed by atoms with E-state index in [-0.39, 0.29) is 0 Å². The molecule has 0 amide bonds. The first kappa shape index (κ1) is 10.6. The van der Waals surface area contributed by atoms with Gasteiger partial charge < -0.3 is 8.85 Å². The Morgan fingerprint density at radius 3 is 2.92 bits per heavy atom. The Hall–Kier alpha value is -0.450. The Morgan fingerprint density at radius 1 is 1.69 bits per heavy atom. The molecule has 72 valence electrons. The molecule has 0 radical (unpaired) electrons. The van der Waals surface area contributed by atoms with Crippen molar-refractivity contribution >= 4 is 22.9 Å². The Morgan fingerprint density at radius 2 is 2.38 bits per heavy atom. The molecular formula is C10H15IN2. The number of nitrogens with two attached hydrogens (primary N) is 1. The average molecular weight is 290 g/mol. The van der Waals surface area contributed by atoms with Crippen molar-refractivity contribution in [3.05, 3.63) is 35.7 Å². The zero-order valence-corrected chi connectivity index (χ0v) is 10.0. The highest BCUT2D eigenvalue weighted by Gasteiger charge is 2.13. The molecule has 0 aromatic heterocycles. The average Bonchev–Trinajstić information content (AvgIpc) is 2.08. The standard InChI is InChI=1S/C10H15IN2/c1-3-9-5-4-6-13(11)10(9)7-8(2)12/h3,7H,1,4-6,12H2,2H3/b8-7+. The quantitative estimate of drug-likeness (QED) is 0.626. The molecule has 0 saturated heterocycles.